The van der Waals surface area contributed by atoms with Gasteiger partial charge >= 0.3 is 0 Å². The monoisotopic (exact) mass is 297 g/mol. The van der Waals surface area contributed by atoms with Crippen molar-refractivity contribution in [3.63, 3.8) is 0 Å². The van der Waals surface area contributed by atoms with Crippen LogP contribution in [-0.4, -0.2) is 29.1 Å². The Hall–Kier alpha value is -1.56. The van der Waals surface area contributed by atoms with E-state index in [9.17, 15) is 18.0 Å². The number of carbonyl (C=O) groups excluding carboxylic acids is 1. The Morgan fingerprint density at radius 2 is 1.90 bits per heavy atom. The molecule has 6 heteroatoms. The molecule has 3 fully saturated rings. The van der Waals surface area contributed by atoms with Crippen LogP contribution in [-0.2, 0) is 9.53 Å². The lowest BCUT2D eigenvalue weighted by atomic mass is 9.85. The molecule has 0 radical (unpaired) electrons. The van der Waals surface area contributed by atoms with E-state index in [2.05, 4.69) is 0 Å². The zero-order valence-corrected chi connectivity index (χ0v) is 11.2. The fraction of sp³-hybridized carbons (Fsp3) is 0.533. The highest BCUT2D eigenvalue weighted by Crippen LogP contribution is 2.49. The molecule has 3 saturated heterocycles. The molecule has 4 atom stereocenters. The minimum Gasteiger partial charge on any atom is -0.367 e. The second-order valence-corrected chi connectivity index (χ2v) is 5.97. The van der Waals surface area contributed by atoms with Crippen molar-refractivity contribution in [3.05, 3.63) is 35.1 Å². The van der Waals surface area contributed by atoms with Crippen LogP contribution in [0.15, 0.2) is 12.1 Å². The molecule has 3 aliphatic rings. The topological polar surface area (TPSA) is 32.8 Å². The van der Waals surface area contributed by atoms with Crippen molar-refractivity contribution in [3.8, 4) is 0 Å². The van der Waals surface area contributed by atoms with E-state index in [1.807, 2.05) is 0 Å². The normalized spacial score (nSPS) is 34.4. The maximum atomic E-state index is 13.5. The minimum atomic E-state index is -1.48. The van der Waals surface area contributed by atoms with Gasteiger partial charge in [0.25, 0.3) is 0 Å². The first-order valence-corrected chi connectivity index (χ1v) is 7.17. The van der Waals surface area contributed by atoms with Crippen LogP contribution < -0.4 is 0 Å². The van der Waals surface area contributed by atoms with E-state index < -0.39 is 23.5 Å². The molecule has 21 heavy (non-hydrogen) atoms. The Labute approximate surface area is 119 Å². The quantitative estimate of drug-likeness (QED) is 0.590. The minimum absolute atomic E-state index is 0.0182. The number of halogens is 3. The van der Waals surface area contributed by atoms with Gasteiger partial charge in [0, 0.05) is 12.5 Å². The van der Waals surface area contributed by atoms with Gasteiger partial charge in [0.05, 0.1) is 12.1 Å². The lowest BCUT2D eigenvalue weighted by Gasteiger charge is -2.43. The van der Waals surface area contributed by atoms with E-state index in [0.29, 0.717) is 6.42 Å². The number of amides is 1. The van der Waals surface area contributed by atoms with Crippen molar-refractivity contribution in [1.82, 2.24) is 4.90 Å². The smallest absolute Gasteiger partial charge is 0.223 e. The summed E-state index contributed by atoms with van der Waals surface area (Å²) in [6.07, 6.45) is 2.73. The van der Waals surface area contributed by atoms with Crippen LogP contribution in [0.5, 0.6) is 0 Å². The summed E-state index contributed by atoms with van der Waals surface area (Å²) < 4.78 is 45.7. The standard InChI is InChI=1S/C15H14F3NO2/c16-9-4-7(5-10(17)13(9)18)14-15-11(21-15)6-8-2-1-3-12(20)19(8)14/h4-5,8,11,14-15H,1-3,6H2/t8-,11-,14-,15-/m1/s1. The van der Waals surface area contributed by atoms with Crippen LogP contribution in [0.1, 0.15) is 37.3 Å². The van der Waals surface area contributed by atoms with Gasteiger partial charge in [0.15, 0.2) is 17.5 Å². The highest BCUT2D eigenvalue weighted by atomic mass is 19.2. The lowest BCUT2D eigenvalue weighted by Crippen LogP contribution is -2.51. The van der Waals surface area contributed by atoms with Crippen molar-refractivity contribution in [1.29, 1.82) is 0 Å². The van der Waals surface area contributed by atoms with Gasteiger partial charge in [-0.15, -0.1) is 0 Å². The zero-order chi connectivity index (χ0) is 14.7. The molecule has 1 aromatic carbocycles. The molecule has 0 aromatic heterocycles. The summed E-state index contributed by atoms with van der Waals surface area (Å²) in [5.74, 6) is -3.96. The number of epoxide rings is 1. The first-order chi connectivity index (χ1) is 10.1. The summed E-state index contributed by atoms with van der Waals surface area (Å²) in [6.45, 7) is 0. The first kappa shape index (κ1) is 13.1. The van der Waals surface area contributed by atoms with E-state index in [1.54, 1.807) is 4.90 Å². The van der Waals surface area contributed by atoms with Crippen molar-refractivity contribution < 1.29 is 22.7 Å². The number of hydrogen-bond acceptors (Lipinski definition) is 2. The number of piperidine rings is 2. The van der Waals surface area contributed by atoms with Crippen LogP contribution in [0.2, 0.25) is 0 Å². The number of carbonyl (C=O) groups is 1. The fourth-order valence-electron chi connectivity index (χ4n) is 3.72. The summed E-state index contributed by atoms with van der Waals surface area (Å²) in [4.78, 5) is 13.9. The summed E-state index contributed by atoms with van der Waals surface area (Å²) in [7, 11) is 0. The predicted octanol–water partition coefficient (Wildman–Crippen LogP) is 2.70. The average Bonchev–Trinajstić information content (AvgIpc) is 3.21. The van der Waals surface area contributed by atoms with Crippen LogP contribution in [0, 0.1) is 17.5 Å². The summed E-state index contributed by atoms with van der Waals surface area (Å²) in [6, 6.07) is 1.50. The molecule has 0 bridgehead atoms. The highest BCUT2D eigenvalue weighted by molar-refractivity contribution is 5.78. The molecule has 0 aliphatic carbocycles. The average molecular weight is 297 g/mol. The van der Waals surface area contributed by atoms with E-state index in [1.165, 1.54) is 0 Å². The molecule has 0 N–H and O–H groups in total. The molecule has 3 nitrogen and oxygen atoms in total. The van der Waals surface area contributed by atoms with Crippen LogP contribution in [0.25, 0.3) is 0 Å². The SMILES string of the molecule is O=C1CCC[C@@H]2C[C@H]3O[C@H]3[C@@H](c3cc(F)c(F)c(F)c3)N12. The fourth-order valence-corrected chi connectivity index (χ4v) is 3.72. The number of fused-ring (bicyclic) bond motifs is 2. The van der Waals surface area contributed by atoms with E-state index >= 15 is 0 Å². The molecule has 112 valence electrons. The molecule has 0 spiro atoms. The number of ether oxygens (including phenoxy) is 1. The molecule has 1 amide bonds. The van der Waals surface area contributed by atoms with Gasteiger partial charge in [0.2, 0.25) is 5.91 Å². The summed E-state index contributed by atoms with van der Waals surface area (Å²) >= 11 is 0. The van der Waals surface area contributed by atoms with E-state index in [-0.39, 0.29) is 29.7 Å². The van der Waals surface area contributed by atoms with Gasteiger partial charge in [-0.1, -0.05) is 0 Å². The van der Waals surface area contributed by atoms with Gasteiger partial charge < -0.3 is 9.64 Å². The third-order valence-corrected chi connectivity index (χ3v) is 4.69. The van der Waals surface area contributed by atoms with Crippen LogP contribution in [0.4, 0.5) is 13.2 Å². The van der Waals surface area contributed by atoms with Gasteiger partial charge in [-0.3, -0.25) is 4.79 Å². The van der Waals surface area contributed by atoms with E-state index in [0.717, 1.165) is 31.4 Å². The lowest BCUT2D eigenvalue weighted by molar-refractivity contribution is -0.141. The van der Waals surface area contributed by atoms with Crippen molar-refractivity contribution >= 4 is 5.91 Å². The first-order valence-electron chi connectivity index (χ1n) is 7.17. The second kappa shape index (κ2) is 4.47. The van der Waals surface area contributed by atoms with Crippen LogP contribution in [0.3, 0.4) is 0 Å². The molecular weight excluding hydrogens is 283 g/mol. The van der Waals surface area contributed by atoms with E-state index in [4.69, 9.17) is 4.74 Å². The number of hydrogen-bond donors (Lipinski definition) is 0. The van der Waals surface area contributed by atoms with Crippen molar-refractivity contribution in [2.75, 3.05) is 0 Å². The maximum absolute atomic E-state index is 13.5. The Bertz CT molecular complexity index is 598. The summed E-state index contributed by atoms with van der Waals surface area (Å²) in [5, 5.41) is 0. The molecule has 4 rings (SSSR count). The van der Waals surface area contributed by atoms with Crippen LogP contribution >= 0.6 is 0 Å². The van der Waals surface area contributed by atoms with Gasteiger partial charge in [-0.05, 0) is 37.0 Å². The predicted molar refractivity (Wildman–Crippen MR) is 66.8 cm³/mol. The Kier molecular flexibility index (Phi) is 2.79. The molecular formula is C15H14F3NO2. The molecule has 3 heterocycles. The molecule has 1 aromatic rings. The molecule has 3 aliphatic heterocycles. The Morgan fingerprint density at radius 3 is 2.62 bits per heavy atom. The van der Waals surface area contributed by atoms with Gasteiger partial charge in [-0.2, -0.15) is 0 Å². The maximum Gasteiger partial charge on any atom is 0.223 e. The van der Waals surface area contributed by atoms with Crippen molar-refractivity contribution in [2.45, 2.75) is 50.0 Å². The second-order valence-electron chi connectivity index (χ2n) is 5.97. The third kappa shape index (κ3) is 1.96. The summed E-state index contributed by atoms with van der Waals surface area (Å²) in [5.41, 5.74) is 0.277. The molecule has 0 saturated carbocycles. The number of benzene rings is 1. The highest BCUT2D eigenvalue weighted by Gasteiger charge is 2.56. The van der Waals surface area contributed by atoms with Gasteiger partial charge in [-0.25, -0.2) is 13.2 Å². The molecule has 0 unspecified atom stereocenters. The largest absolute Gasteiger partial charge is 0.367 e. The third-order valence-electron chi connectivity index (χ3n) is 4.69. The van der Waals surface area contributed by atoms with Gasteiger partial charge in [0.1, 0.15) is 6.10 Å². The Morgan fingerprint density at radius 1 is 1.19 bits per heavy atom. The van der Waals surface area contributed by atoms with Crippen molar-refractivity contribution in [2.24, 2.45) is 0 Å². The Balaban J connectivity index is 1.76. The zero-order valence-electron chi connectivity index (χ0n) is 11.2. The number of rotatable bonds is 1. The number of nitrogens with zero attached hydrogens (tertiary/aromatic N) is 1.